The topological polar surface area (TPSA) is 63.2 Å². The predicted molar refractivity (Wildman–Crippen MR) is 97.0 cm³/mol. The number of alkyl halides is 2. The van der Waals surface area contributed by atoms with E-state index in [0.29, 0.717) is 17.0 Å². The summed E-state index contributed by atoms with van der Waals surface area (Å²) in [4.78, 5) is 5.50. The Hall–Kier alpha value is -2.50. The molecule has 2 aliphatic heterocycles. The Kier molecular flexibility index (Phi) is 3.71. The molecule has 3 aromatic rings. The Balaban J connectivity index is 1.83. The van der Waals surface area contributed by atoms with Crippen molar-refractivity contribution < 1.29 is 13.5 Å². The SMILES string of the molecule is N#CN=S1c2cccc(OC(F)F)c2[C@H]2CC1c1nc3ccc(Cl)cc3n12. The third kappa shape index (κ3) is 2.38. The number of imidazole rings is 1. The monoisotopic (exact) mass is 404 g/mol. The number of ether oxygens (including phenoxy) is 1. The van der Waals surface area contributed by atoms with E-state index in [1.165, 1.54) is 6.07 Å². The highest BCUT2D eigenvalue weighted by Crippen LogP contribution is 2.54. The number of aromatic nitrogens is 2. The number of rotatable bonds is 2. The van der Waals surface area contributed by atoms with E-state index in [1.807, 2.05) is 29.0 Å². The minimum Gasteiger partial charge on any atom is -0.434 e. The van der Waals surface area contributed by atoms with E-state index in [9.17, 15) is 14.0 Å². The molecule has 27 heavy (non-hydrogen) atoms. The average Bonchev–Trinajstić information content (AvgIpc) is 3.14. The maximum Gasteiger partial charge on any atom is 0.387 e. The summed E-state index contributed by atoms with van der Waals surface area (Å²) in [7, 11) is -0.812. The molecular formula is C18H11ClF2N4OS. The van der Waals surface area contributed by atoms with E-state index >= 15 is 0 Å². The molecule has 136 valence electrons. The summed E-state index contributed by atoms with van der Waals surface area (Å²) in [6, 6.07) is 10.2. The van der Waals surface area contributed by atoms with Gasteiger partial charge in [0.25, 0.3) is 0 Å². The van der Waals surface area contributed by atoms with Gasteiger partial charge in [-0.15, -0.1) is 4.36 Å². The standard InChI is InChI=1S/C18H11ClF2N4OS/c19-9-4-5-10-11(6-9)25-12-7-15(17(25)24-10)27(23-8-22)14-3-1-2-13(16(12)14)26-18(20)21/h1-6,12,15,18H,7H2/t12-,15?,27?/m1/s1. The van der Waals surface area contributed by atoms with Crippen LogP contribution in [0.4, 0.5) is 8.78 Å². The van der Waals surface area contributed by atoms with Gasteiger partial charge in [-0.1, -0.05) is 17.7 Å². The quantitative estimate of drug-likeness (QED) is 0.566. The fourth-order valence-electron chi connectivity index (χ4n) is 4.03. The third-order valence-electron chi connectivity index (χ3n) is 4.93. The largest absolute Gasteiger partial charge is 0.434 e. The lowest BCUT2D eigenvalue weighted by molar-refractivity contribution is -0.0508. The molecule has 3 atom stereocenters. The van der Waals surface area contributed by atoms with E-state index in [1.54, 1.807) is 12.1 Å². The van der Waals surface area contributed by atoms with Crippen LogP contribution in [0.25, 0.3) is 11.0 Å². The molecule has 0 aliphatic carbocycles. The van der Waals surface area contributed by atoms with E-state index in [2.05, 4.69) is 4.36 Å². The first-order chi connectivity index (χ1) is 13.1. The molecule has 5 rings (SSSR count). The normalized spacial score (nSPS) is 22.7. The van der Waals surface area contributed by atoms with Gasteiger partial charge in [0.1, 0.15) is 11.6 Å². The predicted octanol–water partition coefficient (Wildman–Crippen LogP) is 4.98. The molecule has 0 saturated heterocycles. The number of nitrogens with zero attached hydrogens (tertiary/aromatic N) is 4. The van der Waals surface area contributed by atoms with Crippen molar-refractivity contribution >= 4 is 33.3 Å². The molecule has 1 aromatic heterocycles. The summed E-state index contributed by atoms with van der Waals surface area (Å²) in [5.41, 5.74) is 2.26. The molecule has 0 saturated carbocycles. The molecule has 2 aromatic carbocycles. The molecular weight excluding hydrogens is 394 g/mol. The van der Waals surface area contributed by atoms with Gasteiger partial charge in [-0.25, -0.2) is 4.98 Å². The highest BCUT2D eigenvalue weighted by atomic mass is 35.5. The van der Waals surface area contributed by atoms with Crippen molar-refractivity contribution in [2.45, 2.75) is 29.2 Å². The molecule has 0 radical (unpaired) electrons. The summed E-state index contributed by atoms with van der Waals surface area (Å²) < 4.78 is 36.9. The van der Waals surface area contributed by atoms with Gasteiger partial charge in [0.05, 0.1) is 22.3 Å². The summed E-state index contributed by atoms with van der Waals surface area (Å²) in [6.45, 7) is -2.93. The Bertz CT molecular complexity index is 1170. The van der Waals surface area contributed by atoms with Crippen molar-refractivity contribution in [2.24, 2.45) is 4.36 Å². The summed E-state index contributed by atoms with van der Waals surface area (Å²) >= 11 is 6.17. The number of hydrogen-bond acceptors (Lipinski definition) is 4. The zero-order chi connectivity index (χ0) is 18.7. The van der Waals surface area contributed by atoms with E-state index in [4.69, 9.17) is 21.3 Å². The van der Waals surface area contributed by atoms with Gasteiger partial charge >= 0.3 is 6.61 Å². The van der Waals surface area contributed by atoms with E-state index < -0.39 is 17.3 Å². The highest BCUT2D eigenvalue weighted by Gasteiger charge is 2.45. The Morgan fingerprint density at radius 2 is 2.22 bits per heavy atom. The van der Waals surface area contributed by atoms with Crippen LogP contribution in [0.1, 0.15) is 29.1 Å². The lowest BCUT2D eigenvalue weighted by Crippen LogP contribution is -2.17. The molecule has 5 nitrogen and oxygen atoms in total. The van der Waals surface area contributed by atoms with Gasteiger partial charge in [-0.05, 0) is 47.4 Å². The van der Waals surface area contributed by atoms with Crippen molar-refractivity contribution in [3.05, 3.63) is 52.8 Å². The Morgan fingerprint density at radius 1 is 1.37 bits per heavy atom. The molecule has 9 heteroatoms. The zero-order valence-electron chi connectivity index (χ0n) is 13.6. The number of fused-ring (bicyclic) bond motifs is 9. The van der Waals surface area contributed by atoms with Gasteiger partial charge < -0.3 is 9.30 Å². The average molecular weight is 405 g/mol. The molecule has 0 N–H and O–H groups in total. The minimum atomic E-state index is -2.93. The van der Waals surface area contributed by atoms with Gasteiger partial charge in [0.2, 0.25) is 6.19 Å². The van der Waals surface area contributed by atoms with Crippen LogP contribution >= 0.6 is 11.6 Å². The third-order valence-corrected chi connectivity index (χ3v) is 7.19. The zero-order valence-corrected chi connectivity index (χ0v) is 15.2. The second-order valence-electron chi connectivity index (χ2n) is 6.27. The van der Waals surface area contributed by atoms with Crippen LogP contribution in [-0.4, -0.2) is 16.2 Å². The van der Waals surface area contributed by atoms with Crippen LogP contribution in [0.2, 0.25) is 5.02 Å². The van der Waals surface area contributed by atoms with Crippen molar-refractivity contribution in [3.8, 4) is 11.9 Å². The molecule has 2 bridgehead atoms. The van der Waals surface area contributed by atoms with Crippen molar-refractivity contribution in [3.63, 3.8) is 0 Å². The fraction of sp³-hybridized carbons (Fsp3) is 0.222. The van der Waals surface area contributed by atoms with Crippen LogP contribution in [0.5, 0.6) is 5.75 Å². The fourth-order valence-corrected chi connectivity index (χ4v) is 6.23. The molecule has 2 unspecified atom stereocenters. The molecule has 0 fully saturated rings. The smallest absolute Gasteiger partial charge is 0.387 e. The van der Waals surface area contributed by atoms with Crippen molar-refractivity contribution in [1.29, 1.82) is 5.26 Å². The summed E-state index contributed by atoms with van der Waals surface area (Å²) in [6.07, 6.45) is 2.52. The van der Waals surface area contributed by atoms with Crippen LogP contribution in [0.15, 0.2) is 45.7 Å². The van der Waals surface area contributed by atoms with E-state index in [-0.39, 0.29) is 17.0 Å². The second-order valence-corrected chi connectivity index (χ2v) is 8.52. The van der Waals surface area contributed by atoms with Gasteiger partial charge in [-0.3, -0.25) is 0 Å². The Morgan fingerprint density at radius 3 is 3.00 bits per heavy atom. The number of nitriles is 1. The number of halogens is 3. The van der Waals surface area contributed by atoms with Crippen LogP contribution < -0.4 is 4.74 Å². The van der Waals surface area contributed by atoms with Crippen LogP contribution in [-0.2, 0) is 10.7 Å². The summed E-state index contributed by atoms with van der Waals surface area (Å²) in [5.74, 6) is 0.923. The molecule has 0 spiro atoms. The highest BCUT2D eigenvalue weighted by molar-refractivity contribution is 7.87. The first-order valence-electron chi connectivity index (χ1n) is 8.16. The van der Waals surface area contributed by atoms with E-state index in [0.717, 1.165) is 21.8 Å². The molecule has 2 aliphatic rings. The first kappa shape index (κ1) is 16.7. The van der Waals surface area contributed by atoms with Crippen LogP contribution in [0, 0.1) is 11.5 Å². The minimum absolute atomic E-state index is 0.0740. The maximum atomic E-state index is 13.0. The lowest BCUT2D eigenvalue weighted by Gasteiger charge is -2.27. The van der Waals surface area contributed by atoms with Crippen molar-refractivity contribution in [2.75, 3.05) is 0 Å². The van der Waals surface area contributed by atoms with Gasteiger partial charge in [0.15, 0.2) is 0 Å². The molecule has 0 amide bonds. The van der Waals surface area contributed by atoms with Crippen LogP contribution in [0.3, 0.4) is 0 Å². The maximum absolute atomic E-state index is 13.0. The first-order valence-corrected chi connectivity index (χ1v) is 9.79. The Labute approximate surface area is 160 Å². The molecule has 3 heterocycles. The van der Waals surface area contributed by atoms with Crippen molar-refractivity contribution in [1.82, 2.24) is 9.55 Å². The lowest BCUT2D eigenvalue weighted by atomic mass is 10.0. The number of hydrogen-bond donors (Lipinski definition) is 0. The summed E-state index contributed by atoms with van der Waals surface area (Å²) in [5, 5.41) is 9.70. The van der Waals surface area contributed by atoms with Gasteiger partial charge in [0, 0.05) is 15.5 Å². The number of benzene rings is 2. The second kappa shape index (κ2) is 6.01. The van der Waals surface area contributed by atoms with Gasteiger partial charge in [-0.2, -0.15) is 14.0 Å².